The largest absolute Gasteiger partial charge is 0.497 e. The Hall–Kier alpha value is -1.20. The molecule has 2 rings (SSSR count). The molecule has 0 radical (unpaired) electrons. The van der Waals surface area contributed by atoms with Crippen molar-refractivity contribution in [1.29, 1.82) is 0 Å². The number of ether oxygens (including phenoxy) is 1. The van der Waals surface area contributed by atoms with Crippen LogP contribution in [0.4, 0.5) is 13.2 Å². The van der Waals surface area contributed by atoms with Crippen LogP contribution in [0.2, 0.25) is 5.02 Å². The van der Waals surface area contributed by atoms with Gasteiger partial charge >= 0.3 is 6.18 Å². The normalized spacial score (nSPS) is 13.0. The third-order valence-corrected chi connectivity index (χ3v) is 4.33. The lowest BCUT2D eigenvalue weighted by Crippen LogP contribution is -2.10. The lowest BCUT2D eigenvalue weighted by molar-refractivity contribution is -0.138. The van der Waals surface area contributed by atoms with Crippen LogP contribution in [0.25, 0.3) is 0 Å². The average molecular weight is 380 g/mol. The molecular formula is C15H11BrClF3O. The van der Waals surface area contributed by atoms with E-state index in [4.69, 9.17) is 16.3 Å². The highest BCUT2D eigenvalue weighted by molar-refractivity contribution is 9.09. The summed E-state index contributed by atoms with van der Waals surface area (Å²) in [5.74, 6) is 0.549. The average Bonchev–Trinajstić information content (AvgIpc) is 2.45. The predicted octanol–water partition coefficient (Wildman–Crippen LogP) is 5.85. The first kappa shape index (κ1) is 16.2. The second-order valence-electron chi connectivity index (χ2n) is 4.34. The van der Waals surface area contributed by atoms with Crippen molar-refractivity contribution in [3.8, 4) is 5.75 Å². The van der Waals surface area contributed by atoms with E-state index in [0.29, 0.717) is 16.3 Å². The lowest BCUT2D eigenvalue weighted by Gasteiger charge is -2.18. The number of halogens is 5. The first-order valence-electron chi connectivity index (χ1n) is 5.98. The van der Waals surface area contributed by atoms with Gasteiger partial charge < -0.3 is 4.74 Å². The second kappa shape index (κ2) is 6.28. The number of benzene rings is 2. The highest BCUT2D eigenvalue weighted by Gasteiger charge is 2.35. The summed E-state index contributed by atoms with van der Waals surface area (Å²) in [5, 5.41) is 0.341. The molecule has 0 N–H and O–H groups in total. The summed E-state index contributed by atoms with van der Waals surface area (Å²) in [7, 11) is 1.50. The Morgan fingerprint density at radius 1 is 1.10 bits per heavy atom. The highest BCUT2D eigenvalue weighted by atomic mass is 79.9. The van der Waals surface area contributed by atoms with Crippen molar-refractivity contribution in [2.45, 2.75) is 11.0 Å². The number of rotatable bonds is 3. The molecular weight excluding hydrogens is 369 g/mol. The Balaban J connectivity index is 2.48. The molecule has 0 aromatic heterocycles. The molecule has 1 atom stereocenters. The molecule has 2 aromatic rings. The maximum absolute atomic E-state index is 13.1. The van der Waals surface area contributed by atoms with E-state index in [9.17, 15) is 13.2 Å². The quantitative estimate of drug-likeness (QED) is 0.608. The van der Waals surface area contributed by atoms with Crippen LogP contribution in [0.5, 0.6) is 5.75 Å². The first-order chi connectivity index (χ1) is 9.84. The Morgan fingerprint density at radius 2 is 1.76 bits per heavy atom. The van der Waals surface area contributed by atoms with Crippen LogP contribution < -0.4 is 4.74 Å². The van der Waals surface area contributed by atoms with Gasteiger partial charge in [0.1, 0.15) is 5.75 Å². The van der Waals surface area contributed by atoms with Crippen LogP contribution in [-0.4, -0.2) is 7.11 Å². The van der Waals surface area contributed by atoms with Gasteiger partial charge in [0.05, 0.1) is 17.5 Å². The SMILES string of the molecule is COc1ccc(C(Br)c2ccccc2C(F)(F)F)c(Cl)c1. The topological polar surface area (TPSA) is 9.23 Å². The molecule has 21 heavy (non-hydrogen) atoms. The maximum Gasteiger partial charge on any atom is 0.416 e. The monoisotopic (exact) mass is 378 g/mol. The fourth-order valence-corrected chi connectivity index (χ4v) is 3.19. The van der Waals surface area contributed by atoms with Gasteiger partial charge in [-0.05, 0) is 29.3 Å². The Kier molecular flexibility index (Phi) is 4.84. The number of hydrogen-bond acceptors (Lipinski definition) is 1. The first-order valence-corrected chi connectivity index (χ1v) is 7.27. The van der Waals surface area contributed by atoms with E-state index in [2.05, 4.69) is 15.9 Å². The Bertz CT molecular complexity index is 643. The van der Waals surface area contributed by atoms with E-state index >= 15 is 0 Å². The standard InChI is InChI=1S/C15H11BrClF3O/c1-21-9-6-7-11(13(17)8-9)14(16)10-4-2-3-5-12(10)15(18,19)20/h2-8,14H,1H3. The fraction of sp³-hybridized carbons (Fsp3) is 0.200. The van der Waals surface area contributed by atoms with Gasteiger partial charge in [-0.15, -0.1) is 0 Å². The highest BCUT2D eigenvalue weighted by Crippen LogP contribution is 2.42. The molecule has 6 heteroatoms. The molecule has 0 aliphatic rings. The van der Waals surface area contributed by atoms with E-state index in [-0.39, 0.29) is 5.56 Å². The minimum atomic E-state index is -4.42. The van der Waals surface area contributed by atoms with Crippen molar-refractivity contribution in [3.05, 3.63) is 64.2 Å². The molecule has 0 amide bonds. The van der Waals surface area contributed by atoms with Gasteiger partial charge in [-0.2, -0.15) is 13.2 Å². The summed E-state index contributed by atoms with van der Waals surface area (Å²) in [6, 6.07) is 10.3. The van der Waals surface area contributed by atoms with Gasteiger partial charge in [0, 0.05) is 5.02 Å². The molecule has 112 valence electrons. The molecule has 0 saturated heterocycles. The van der Waals surface area contributed by atoms with Crippen LogP contribution >= 0.6 is 27.5 Å². The van der Waals surface area contributed by atoms with E-state index < -0.39 is 16.6 Å². The molecule has 0 saturated carbocycles. The summed E-state index contributed by atoms with van der Waals surface area (Å²) in [4.78, 5) is -0.659. The molecule has 0 spiro atoms. The van der Waals surface area contributed by atoms with Crippen molar-refractivity contribution < 1.29 is 17.9 Å². The molecule has 1 nitrogen and oxygen atoms in total. The second-order valence-corrected chi connectivity index (χ2v) is 5.66. The van der Waals surface area contributed by atoms with Crippen molar-refractivity contribution in [2.75, 3.05) is 7.11 Å². The Labute approximate surface area is 133 Å². The lowest BCUT2D eigenvalue weighted by atomic mass is 9.99. The summed E-state index contributed by atoms with van der Waals surface area (Å²) < 4.78 is 44.2. The zero-order chi connectivity index (χ0) is 15.6. The molecule has 0 heterocycles. The van der Waals surface area contributed by atoms with Crippen molar-refractivity contribution in [2.24, 2.45) is 0 Å². The van der Waals surface area contributed by atoms with Crippen LogP contribution in [0.15, 0.2) is 42.5 Å². The zero-order valence-electron chi connectivity index (χ0n) is 10.9. The van der Waals surface area contributed by atoms with E-state index in [1.165, 1.54) is 19.2 Å². The minimum Gasteiger partial charge on any atom is -0.497 e. The van der Waals surface area contributed by atoms with Gasteiger partial charge in [-0.3, -0.25) is 0 Å². The zero-order valence-corrected chi connectivity index (χ0v) is 13.3. The summed E-state index contributed by atoms with van der Waals surface area (Å²) in [6.45, 7) is 0. The smallest absolute Gasteiger partial charge is 0.416 e. The van der Waals surface area contributed by atoms with Gasteiger partial charge in [-0.1, -0.05) is 51.8 Å². The van der Waals surface area contributed by atoms with Crippen LogP contribution in [0.1, 0.15) is 21.5 Å². The Morgan fingerprint density at radius 3 is 2.33 bits per heavy atom. The van der Waals surface area contributed by atoms with Gasteiger partial charge in [0.25, 0.3) is 0 Å². The fourth-order valence-electron chi connectivity index (χ4n) is 1.98. The van der Waals surface area contributed by atoms with E-state index in [1.807, 2.05) is 0 Å². The molecule has 0 fully saturated rings. The number of alkyl halides is 4. The van der Waals surface area contributed by atoms with Crippen molar-refractivity contribution in [1.82, 2.24) is 0 Å². The molecule has 0 aliphatic carbocycles. The van der Waals surface area contributed by atoms with Gasteiger partial charge in [0.2, 0.25) is 0 Å². The predicted molar refractivity (Wildman–Crippen MR) is 80.2 cm³/mol. The third kappa shape index (κ3) is 3.52. The van der Waals surface area contributed by atoms with Gasteiger partial charge in [-0.25, -0.2) is 0 Å². The summed E-state index contributed by atoms with van der Waals surface area (Å²) in [6.07, 6.45) is -4.42. The number of hydrogen-bond donors (Lipinski definition) is 0. The summed E-state index contributed by atoms with van der Waals surface area (Å²) in [5.41, 5.74) is -0.00927. The number of methoxy groups -OCH3 is 1. The molecule has 0 bridgehead atoms. The maximum atomic E-state index is 13.1. The van der Waals surface area contributed by atoms with Crippen LogP contribution in [-0.2, 0) is 6.18 Å². The van der Waals surface area contributed by atoms with Gasteiger partial charge in [0.15, 0.2) is 0 Å². The van der Waals surface area contributed by atoms with Crippen molar-refractivity contribution >= 4 is 27.5 Å². The van der Waals surface area contributed by atoms with E-state index in [1.54, 1.807) is 24.3 Å². The molecule has 2 aromatic carbocycles. The van der Waals surface area contributed by atoms with Crippen molar-refractivity contribution in [3.63, 3.8) is 0 Å². The third-order valence-electron chi connectivity index (χ3n) is 3.02. The minimum absolute atomic E-state index is 0.122. The summed E-state index contributed by atoms with van der Waals surface area (Å²) >= 11 is 9.44. The molecule has 1 unspecified atom stereocenters. The van der Waals surface area contributed by atoms with E-state index in [0.717, 1.165) is 6.07 Å². The van der Waals surface area contributed by atoms with Crippen LogP contribution in [0.3, 0.4) is 0 Å². The molecule has 0 aliphatic heterocycles. The van der Waals surface area contributed by atoms with Crippen LogP contribution in [0, 0.1) is 0 Å².